The van der Waals surface area contributed by atoms with Crippen LogP contribution in [0.4, 0.5) is 0 Å². The van der Waals surface area contributed by atoms with Crippen molar-refractivity contribution < 1.29 is 4.79 Å². The molecule has 2 heteroatoms. The van der Waals surface area contributed by atoms with Gasteiger partial charge in [-0.25, -0.2) is 0 Å². The summed E-state index contributed by atoms with van der Waals surface area (Å²) in [5.41, 5.74) is 1.25. The maximum Gasteiger partial charge on any atom is 0.151 e. The minimum atomic E-state index is 0.0993. The number of nitrogens with zero attached hydrogens (tertiary/aromatic N) is 1. The summed E-state index contributed by atoms with van der Waals surface area (Å²) < 4.78 is 0. The smallest absolute Gasteiger partial charge is 0.151 e. The topological polar surface area (TPSA) is 20.1 Å². The van der Waals surface area contributed by atoms with E-state index in [1.807, 2.05) is 31.3 Å². The van der Waals surface area contributed by atoms with Crippen LogP contribution in [0.3, 0.4) is 0 Å². The SMILES string of the molecule is C=CCCCC(=O)[C@@H]1[C@@H](c2ccccc2)N1C. The molecule has 2 nitrogen and oxygen atoms in total. The van der Waals surface area contributed by atoms with Gasteiger partial charge in [-0.3, -0.25) is 9.69 Å². The number of ketones is 1. The highest BCUT2D eigenvalue weighted by molar-refractivity contribution is 5.88. The Bertz CT molecular complexity index is 399. The quantitative estimate of drug-likeness (QED) is 0.424. The number of Topliss-reactive ketones (excluding diaryl/α,β-unsaturated/α-hetero) is 1. The average Bonchev–Trinajstić information content (AvgIpc) is 3.02. The Morgan fingerprint density at radius 1 is 1.41 bits per heavy atom. The van der Waals surface area contributed by atoms with E-state index >= 15 is 0 Å². The molecule has 1 fully saturated rings. The van der Waals surface area contributed by atoms with Gasteiger partial charge in [0, 0.05) is 6.42 Å². The number of hydrogen-bond donors (Lipinski definition) is 0. The van der Waals surface area contributed by atoms with Crippen molar-refractivity contribution in [2.45, 2.75) is 31.3 Å². The van der Waals surface area contributed by atoms with Crippen LogP contribution in [-0.4, -0.2) is 23.8 Å². The van der Waals surface area contributed by atoms with Gasteiger partial charge in [0.05, 0.1) is 12.1 Å². The number of benzene rings is 1. The Morgan fingerprint density at radius 2 is 2.12 bits per heavy atom. The van der Waals surface area contributed by atoms with Crippen molar-refractivity contribution in [2.24, 2.45) is 0 Å². The van der Waals surface area contributed by atoms with Crippen molar-refractivity contribution in [3.05, 3.63) is 48.6 Å². The Balaban J connectivity index is 1.92. The molecule has 0 aromatic heterocycles. The van der Waals surface area contributed by atoms with Crippen molar-refractivity contribution >= 4 is 5.78 Å². The monoisotopic (exact) mass is 229 g/mol. The average molecular weight is 229 g/mol. The summed E-state index contributed by atoms with van der Waals surface area (Å²) in [6, 6.07) is 10.7. The summed E-state index contributed by atoms with van der Waals surface area (Å²) in [6.07, 6.45) is 4.40. The number of carbonyl (C=O) groups excluding carboxylic acids is 1. The number of rotatable bonds is 6. The Morgan fingerprint density at radius 3 is 2.76 bits per heavy atom. The third-order valence-electron chi connectivity index (χ3n) is 3.39. The summed E-state index contributed by atoms with van der Waals surface area (Å²) >= 11 is 0. The second kappa shape index (κ2) is 5.28. The van der Waals surface area contributed by atoms with Crippen molar-refractivity contribution in [1.82, 2.24) is 4.90 Å². The number of unbranched alkanes of at least 4 members (excludes halogenated alkanes) is 1. The van der Waals surface area contributed by atoms with Gasteiger partial charge in [-0.05, 0) is 25.5 Å². The van der Waals surface area contributed by atoms with Crippen LogP contribution >= 0.6 is 0 Å². The highest BCUT2D eigenvalue weighted by atomic mass is 16.1. The van der Waals surface area contributed by atoms with Crippen LogP contribution in [0, 0.1) is 0 Å². The summed E-state index contributed by atoms with van der Waals surface area (Å²) in [5, 5.41) is 0. The van der Waals surface area contributed by atoms with Crippen LogP contribution in [0.2, 0.25) is 0 Å². The molecule has 1 heterocycles. The summed E-state index contributed by atoms with van der Waals surface area (Å²) in [4.78, 5) is 14.1. The van der Waals surface area contributed by atoms with Gasteiger partial charge in [-0.1, -0.05) is 36.4 Å². The molecule has 0 N–H and O–H groups in total. The maximum absolute atomic E-state index is 12.0. The molecule has 90 valence electrons. The molecule has 0 amide bonds. The summed E-state index contributed by atoms with van der Waals surface area (Å²) in [6.45, 7) is 3.67. The highest BCUT2D eigenvalue weighted by Crippen LogP contribution is 2.42. The van der Waals surface area contributed by atoms with Crippen molar-refractivity contribution in [3.63, 3.8) is 0 Å². The minimum absolute atomic E-state index is 0.0993. The van der Waals surface area contributed by atoms with E-state index in [4.69, 9.17) is 0 Å². The molecular weight excluding hydrogens is 210 g/mol. The predicted molar refractivity (Wildman–Crippen MR) is 69.8 cm³/mol. The van der Waals surface area contributed by atoms with Gasteiger partial charge in [0.1, 0.15) is 0 Å². The maximum atomic E-state index is 12.0. The lowest BCUT2D eigenvalue weighted by atomic mass is 10.0. The summed E-state index contributed by atoms with van der Waals surface area (Å²) in [5.74, 6) is 0.364. The van der Waals surface area contributed by atoms with Crippen LogP contribution in [0.15, 0.2) is 43.0 Å². The van der Waals surface area contributed by atoms with Crippen molar-refractivity contribution in [2.75, 3.05) is 7.05 Å². The number of carbonyl (C=O) groups is 1. The molecule has 1 unspecified atom stereocenters. The predicted octanol–water partition coefficient (Wildman–Crippen LogP) is 2.97. The van der Waals surface area contributed by atoms with Gasteiger partial charge in [0.15, 0.2) is 5.78 Å². The Kier molecular flexibility index (Phi) is 3.75. The normalized spacial score (nSPS) is 26.5. The van der Waals surface area contributed by atoms with Gasteiger partial charge < -0.3 is 0 Å². The molecular formula is C15H19NO. The molecule has 0 radical (unpaired) electrons. The molecule has 1 aliphatic rings. The minimum Gasteiger partial charge on any atom is -0.298 e. The van der Waals surface area contributed by atoms with E-state index in [1.54, 1.807) is 0 Å². The second-order valence-corrected chi connectivity index (χ2v) is 4.61. The van der Waals surface area contributed by atoms with Crippen LogP contribution in [0.1, 0.15) is 30.9 Å². The third kappa shape index (κ3) is 2.64. The number of allylic oxidation sites excluding steroid dienone is 1. The fourth-order valence-electron chi connectivity index (χ4n) is 2.38. The first kappa shape index (κ1) is 12.1. The lowest BCUT2D eigenvalue weighted by Crippen LogP contribution is -2.10. The molecule has 2 rings (SSSR count). The molecule has 1 aliphatic heterocycles. The first-order valence-corrected chi connectivity index (χ1v) is 6.16. The fraction of sp³-hybridized carbons (Fsp3) is 0.400. The van der Waals surface area contributed by atoms with Crippen molar-refractivity contribution in [3.8, 4) is 0 Å². The van der Waals surface area contributed by atoms with Gasteiger partial charge in [0.25, 0.3) is 0 Å². The molecule has 0 spiro atoms. The second-order valence-electron chi connectivity index (χ2n) is 4.61. The molecule has 0 saturated carbocycles. The van der Waals surface area contributed by atoms with Crippen LogP contribution < -0.4 is 0 Å². The van der Waals surface area contributed by atoms with E-state index < -0.39 is 0 Å². The molecule has 0 aliphatic carbocycles. The first-order valence-electron chi connectivity index (χ1n) is 6.16. The van der Waals surface area contributed by atoms with Crippen molar-refractivity contribution in [1.29, 1.82) is 0 Å². The van der Waals surface area contributed by atoms with Gasteiger partial charge in [-0.2, -0.15) is 0 Å². The molecule has 0 bridgehead atoms. The molecule has 3 atom stereocenters. The van der Waals surface area contributed by atoms with Crippen LogP contribution in [0.5, 0.6) is 0 Å². The zero-order valence-electron chi connectivity index (χ0n) is 10.3. The van der Waals surface area contributed by atoms with E-state index in [0.29, 0.717) is 18.2 Å². The van der Waals surface area contributed by atoms with Crippen LogP contribution in [0.25, 0.3) is 0 Å². The van der Waals surface area contributed by atoms with E-state index in [-0.39, 0.29) is 6.04 Å². The molecule has 1 aromatic rings. The standard InChI is InChI=1S/C15H19NO/c1-3-4-6-11-13(17)15-14(16(15)2)12-9-7-5-8-10-12/h3,5,7-10,14-15H,1,4,6,11H2,2H3/t14-,15-,16?/m1/s1. The van der Waals surface area contributed by atoms with E-state index in [2.05, 4.69) is 23.6 Å². The number of hydrogen-bond acceptors (Lipinski definition) is 2. The van der Waals surface area contributed by atoms with E-state index in [0.717, 1.165) is 12.8 Å². The molecule has 1 aromatic carbocycles. The zero-order chi connectivity index (χ0) is 12.3. The molecule has 17 heavy (non-hydrogen) atoms. The first-order chi connectivity index (χ1) is 8.25. The Labute approximate surface area is 103 Å². The van der Waals surface area contributed by atoms with Crippen LogP contribution in [-0.2, 0) is 4.79 Å². The largest absolute Gasteiger partial charge is 0.298 e. The lowest BCUT2D eigenvalue weighted by Gasteiger charge is -1.97. The highest BCUT2D eigenvalue weighted by Gasteiger charge is 2.49. The number of likely N-dealkylation sites (N-methyl/N-ethyl adjacent to an activating group) is 1. The van der Waals surface area contributed by atoms with E-state index in [1.165, 1.54) is 5.56 Å². The summed E-state index contributed by atoms with van der Waals surface area (Å²) in [7, 11) is 2.02. The fourth-order valence-corrected chi connectivity index (χ4v) is 2.38. The van der Waals surface area contributed by atoms with Gasteiger partial charge in [-0.15, -0.1) is 6.58 Å². The third-order valence-corrected chi connectivity index (χ3v) is 3.39. The van der Waals surface area contributed by atoms with Gasteiger partial charge in [0.2, 0.25) is 0 Å². The zero-order valence-corrected chi connectivity index (χ0v) is 10.3. The van der Waals surface area contributed by atoms with Gasteiger partial charge >= 0.3 is 0 Å². The Hall–Kier alpha value is -1.41. The van der Waals surface area contributed by atoms with E-state index in [9.17, 15) is 4.79 Å². The molecule has 1 saturated heterocycles. The lowest BCUT2D eigenvalue weighted by molar-refractivity contribution is -0.119.